The molecule has 2 nitrogen and oxygen atoms in total. The molecule has 2 heteroatoms. The van der Waals surface area contributed by atoms with Crippen molar-refractivity contribution in [3.8, 4) is 5.75 Å². The Hall–Kier alpha value is -1.28. The van der Waals surface area contributed by atoms with Crippen molar-refractivity contribution < 1.29 is 4.74 Å². The summed E-state index contributed by atoms with van der Waals surface area (Å²) >= 11 is 0. The zero-order chi connectivity index (χ0) is 14.3. The highest BCUT2D eigenvalue weighted by atomic mass is 16.5. The Kier molecular flexibility index (Phi) is 6.65. The molecule has 1 rings (SSSR count). The van der Waals surface area contributed by atoms with Gasteiger partial charge in [-0.1, -0.05) is 30.2 Å². The molecule has 19 heavy (non-hydrogen) atoms. The van der Waals surface area contributed by atoms with E-state index < -0.39 is 0 Å². The van der Waals surface area contributed by atoms with Crippen LogP contribution in [-0.4, -0.2) is 13.7 Å². The average molecular weight is 261 g/mol. The van der Waals surface area contributed by atoms with Crippen molar-refractivity contribution in [3.63, 3.8) is 0 Å². The highest BCUT2D eigenvalue weighted by molar-refractivity contribution is 5.39. The molecule has 106 valence electrons. The van der Waals surface area contributed by atoms with Crippen LogP contribution in [0, 0.1) is 6.92 Å². The van der Waals surface area contributed by atoms with Crippen molar-refractivity contribution in [1.29, 1.82) is 0 Å². The Morgan fingerprint density at radius 2 is 2.16 bits per heavy atom. The highest BCUT2D eigenvalue weighted by Crippen LogP contribution is 2.30. The van der Waals surface area contributed by atoms with Gasteiger partial charge in [-0.25, -0.2) is 0 Å². The van der Waals surface area contributed by atoms with Gasteiger partial charge in [-0.2, -0.15) is 0 Å². The molecule has 0 saturated carbocycles. The maximum atomic E-state index is 5.51. The number of hydrogen-bond acceptors (Lipinski definition) is 2. The Labute approximate surface area is 117 Å². The molecule has 1 unspecified atom stereocenters. The van der Waals surface area contributed by atoms with Gasteiger partial charge in [-0.15, -0.1) is 6.58 Å². The summed E-state index contributed by atoms with van der Waals surface area (Å²) in [7, 11) is 1.74. The minimum Gasteiger partial charge on any atom is -0.496 e. The second kappa shape index (κ2) is 8.00. The third-order valence-electron chi connectivity index (χ3n) is 3.26. The predicted molar refractivity (Wildman–Crippen MR) is 82.8 cm³/mol. The monoisotopic (exact) mass is 261 g/mol. The fourth-order valence-corrected chi connectivity index (χ4v) is 2.20. The molecule has 0 aliphatic heterocycles. The Balaban J connectivity index is 2.93. The summed E-state index contributed by atoms with van der Waals surface area (Å²) < 4.78 is 5.51. The van der Waals surface area contributed by atoms with E-state index in [-0.39, 0.29) is 0 Å². The first-order chi connectivity index (χ1) is 9.08. The lowest BCUT2D eigenvalue weighted by molar-refractivity contribution is 0.394. The van der Waals surface area contributed by atoms with Gasteiger partial charge in [0, 0.05) is 11.6 Å². The van der Waals surface area contributed by atoms with Gasteiger partial charge in [0.1, 0.15) is 5.75 Å². The van der Waals surface area contributed by atoms with Crippen LogP contribution < -0.4 is 10.1 Å². The van der Waals surface area contributed by atoms with Gasteiger partial charge in [0.25, 0.3) is 0 Å². The number of hydrogen-bond donors (Lipinski definition) is 1. The number of nitrogens with one attached hydrogen (secondary N) is 1. The van der Waals surface area contributed by atoms with E-state index in [1.165, 1.54) is 16.7 Å². The van der Waals surface area contributed by atoms with E-state index in [0.29, 0.717) is 6.04 Å². The van der Waals surface area contributed by atoms with Crippen molar-refractivity contribution >= 4 is 0 Å². The lowest BCUT2D eigenvalue weighted by atomic mass is 9.97. The summed E-state index contributed by atoms with van der Waals surface area (Å²) in [5.74, 6) is 0.973. The Morgan fingerprint density at radius 1 is 1.42 bits per heavy atom. The molecule has 1 N–H and O–H groups in total. The first-order valence-corrected chi connectivity index (χ1v) is 7.10. The number of benzene rings is 1. The van der Waals surface area contributed by atoms with E-state index in [4.69, 9.17) is 4.74 Å². The lowest BCUT2D eigenvalue weighted by Gasteiger charge is -2.22. The molecule has 0 spiro atoms. The van der Waals surface area contributed by atoms with E-state index in [1.807, 2.05) is 0 Å². The van der Waals surface area contributed by atoms with Gasteiger partial charge in [-0.3, -0.25) is 0 Å². The van der Waals surface area contributed by atoms with Crippen molar-refractivity contribution in [3.05, 3.63) is 41.5 Å². The maximum Gasteiger partial charge on any atom is 0.123 e. The van der Waals surface area contributed by atoms with E-state index in [2.05, 4.69) is 50.9 Å². The van der Waals surface area contributed by atoms with Crippen LogP contribution in [0.4, 0.5) is 0 Å². The second-order valence-electron chi connectivity index (χ2n) is 5.25. The van der Waals surface area contributed by atoms with Crippen molar-refractivity contribution in [2.45, 2.75) is 46.1 Å². The summed E-state index contributed by atoms with van der Waals surface area (Å²) in [5.41, 5.74) is 3.77. The topological polar surface area (TPSA) is 21.3 Å². The third-order valence-corrected chi connectivity index (χ3v) is 3.26. The molecule has 0 aliphatic carbocycles. The van der Waals surface area contributed by atoms with E-state index in [9.17, 15) is 0 Å². The van der Waals surface area contributed by atoms with Gasteiger partial charge < -0.3 is 10.1 Å². The molecular weight excluding hydrogens is 234 g/mol. The number of methoxy groups -OCH3 is 1. The fourth-order valence-electron chi connectivity index (χ4n) is 2.20. The molecule has 1 aromatic carbocycles. The molecular formula is C17H27NO. The van der Waals surface area contributed by atoms with Gasteiger partial charge in [-0.05, 0) is 45.7 Å². The molecule has 0 heterocycles. The zero-order valence-corrected chi connectivity index (χ0v) is 12.8. The quantitative estimate of drug-likeness (QED) is 0.700. The molecule has 1 atom stereocenters. The van der Waals surface area contributed by atoms with Gasteiger partial charge in [0.2, 0.25) is 0 Å². The molecule has 0 aromatic heterocycles. The van der Waals surface area contributed by atoms with Crippen molar-refractivity contribution in [2.75, 3.05) is 13.7 Å². The van der Waals surface area contributed by atoms with Crippen LogP contribution >= 0.6 is 0 Å². The lowest BCUT2D eigenvalue weighted by Crippen LogP contribution is -2.22. The smallest absolute Gasteiger partial charge is 0.123 e. The van der Waals surface area contributed by atoms with Crippen molar-refractivity contribution in [1.82, 2.24) is 5.32 Å². The van der Waals surface area contributed by atoms with Gasteiger partial charge in [0.05, 0.1) is 7.11 Å². The third kappa shape index (κ3) is 5.07. The van der Waals surface area contributed by atoms with Gasteiger partial charge >= 0.3 is 0 Å². The minimum absolute atomic E-state index is 0.339. The van der Waals surface area contributed by atoms with Crippen LogP contribution in [0.2, 0.25) is 0 Å². The molecule has 0 aliphatic rings. The minimum atomic E-state index is 0.339. The SMILES string of the molecule is C=C(C)CCC(NCCC)c1cc(C)ccc1OC. The standard InChI is InChI=1S/C17H27NO/c1-6-11-18-16(9-7-13(2)3)15-12-14(4)8-10-17(15)19-5/h8,10,12,16,18H,2,6-7,9,11H2,1,3-5H3. The zero-order valence-electron chi connectivity index (χ0n) is 12.8. The summed E-state index contributed by atoms with van der Waals surface area (Å²) in [6.07, 6.45) is 3.24. The number of ether oxygens (including phenoxy) is 1. The Bertz CT molecular complexity index is 412. The summed E-state index contributed by atoms with van der Waals surface area (Å²) in [6.45, 7) is 11.4. The molecule has 0 radical (unpaired) electrons. The number of aryl methyl sites for hydroxylation is 1. The molecule has 1 aromatic rings. The van der Waals surface area contributed by atoms with E-state index >= 15 is 0 Å². The maximum absolute atomic E-state index is 5.51. The average Bonchev–Trinajstić information content (AvgIpc) is 2.38. The summed E-state index contributed by atoms with van der Waals surface area (Å²) in [6, 6.07) is 6.72. The van der Waals surface area contributed by atoms with Crippen LogP contribution in [0.5, 0.6) is 5.75 Å². The molecule has 0 saturated heterocycles. The predicted octanol–water partition coefficient (Wildman–Crippen LogP) is 4.40. The van der Waals surface area contributed by atoms with Gasteiger partial charge in [0.15, 0.2) is 0 Å². The van der Waals surface area contributed by atoms with Crippen LogP contribution in [0.3, 0.4) is 0 Å². The fraction of sp³-hybridized carbons (Fsp3) is 0.529. The van der Waals surface area contributed by atoms with E-state index in [0.717, 1.165) is 31.6 Å². The highest BCUT2D eigenvalue weighted by Gasteiger charge is 2.15. The summed E-state index contributed by atoms with van der Waals surface area (Å²) in [5, 5.41) is 3.62. The van der Waals surface area contributed by atoms with Crippen molar-refractivity contribution in [2.24, 2.45) is 0 Å². The first-order valence-electron chi connectivity index (χ1n) is 7.10. The molecule has 0 amide bonds. The van der Waals surface area contributed by atoms with E-state index in [1.54, 1.807) is 7.11 Å². The largest absolute Gasteiger partial charge is 0.496 e. The summed E-state index contributed by atoms with van der Waals surface area (Å²) in [4.78, 5) is 0. The van der Waals surface area contributed by atoms with Crippen LogP contribution in [0.25, 0.3) is 0 Å². The first kappa shape index (κ1) is 15.8. The number of allylic oxidation sites excluding steroid dienone is 1. The normalized spacial score (nSPS) is 12.2. The van der Waals surface area contributed by atoms with Crippen LogP contribution in [0.15, 0.2) is 30.4 Å². The second-order valence-corrected chi connectivity index (χ2v) is 5.25. The number of rotatable bonds is 8. The Morgan fingerprint density at radius 3 is 2.74 bits per heavy atom. The molecule has 0 bridgehead atoms. The molecule has 0 fully saturated rings. The van der Waals surface area contributed by atoms with Crippen LogP contribution in [0.1, 0.15) is 50.3 Å². The van der Waals surface area contributed by atoms with Crippen LogP contribution in [-0.2, 0) is 0 Å².